The number of rotatable bonds is 6. The molecule has 0 aliphatic heterocycles. The molecule has 3 nitrogen and oxygen atoms in total. The first-order chi connectivity index (χ1) is 6.83. The molecule has 0 fully saturated rings. The minimum Gasteiger partial charge on any atom is -0.491 e. The molecule has 0 atom stereocenters. The summed E-state index contributed by atoms with van der Waals surface area (Å²) in [6, 6.07) is 7.63. The van der Waals surface area contributed by atoms with Crippen molar-refractivity contribution in [1.82, 2.24) is 0 Å². The molecule has 78 valence electrons. The van der Waals surface area contributed by atoms with E-state index >= 15 is 0 Å². The van der Waals surface area contributed by atoms with E-state index in [4.69, 9.17) is 14.6 Å². The highest BCUT2D eigenvalue weighted by atomic mass is 79.9. The largest absolute Gasteiger partial charge is 0.491 e. The SMILES string of the molecule is OCCOCCOc1cccc(Br)c1. The molecule has 0 aromatic heterocycles. The van der Waals surface area contributed by atoms with Crippen LogP contribution in [0.2, 0.25) is 0 Å². The summed E-state index contributed by atoms with van der Waals surface area (Å²) in [7, 11) is 0. The van der Waals surface area contributed by atoms with E-state index in [0.29, 0.717) is 19.8 Å². The third kappa shape index (κ3) is 4.60. The molecule has 14 heavy (non-hydrogen) atoms. The van der Waals surface area contributed by atoms with Crippen molar-refractivity contribution in [2.45, 2.75) is 0 Å². The second-order valence-corrected chi connectivity index (χ2v) is 3.56. The predicted octanol–water partition coefficient (Wildman–Crippen LogP) is 1.84. The fraction of sp³-hybridized carbons (Fsp3) is 0.400. The Labute approximate surface area is 91.8 Å². The van der Waals surface area contributed by atoms with Crippen LogP contribution in [-0.4, -0.2) is 31.5 Å². The standard InChI is InChI=1S/C10H13BrO3/c11-9-2-1-3-10(8-9)14-7-6-13-5-4-12/h1-3,8,12H,4-7H2. The van der Waals surface area contributed by atoms with E-state index in [1.165, 1.54) is 0 Å². The van der Waals surface area contributed by atoms with Gasteiger partial charge in [0, 0.05) is 4.47 Å². The molecule has 1 N–H and O–H groups in total. The van der Waals surface area contributed by atoms with Crippen LogP contribution >= 0.6 is 15.9 Å². The number of aliphatic hydroxyl groups excluding tert-OH is 1. The Morgan fingerprint density at radius 1 is 1.21 bits per heavy atom. The Bertz CT molecular complexity index is 265. The van der Waals surface area contributed by atoms with Gasteiger partial charge in [-0.2, -0.15) is 0 Å². The molecule has 0 aliphatic rings. The first-order valence-corrected chi connectivity index (χ1v) is 5.19. The molecular weight excluding hydrogens is 248 g/mol. The van der Waals surface area contributed by atoms with Gasteiger partial charge in [-0.15, -0.1) is 0 Å². The van der Waals surface area contributed by atoms with E-state index < -0.39 is 0 Å². The summed E-state index contributed by atoms with van der Waals surface area (Å²) >= 11 is 3.35. The highest BCUT2D eigenvalue weighted by Gasteiger charge is 1.94. The van der Waals surface area contributed by atoms with Gasteiger partial charge in [0.2, 0.25) is 0 Å². The van der Waals surface area contributed by atoms with Gasteiger partial charge in [-0.3, -0.25) is 0 Å². The van der Waals surface area contributed by atoms with Crippen LogP contribution in [0.25, 0.3) is 0 Å². The Morgan fingerprint density at radius 3 is 2.79 bits per heavy atom. The zero-order valence-electron chi connectivity index (χ0n) is 7.78. The predicted molar refractivity (Wildman–Crippen MR) is 57.5 cm³/mol. The lowest BCUT2D eigenvalue weighted by Crippen LogP contribution is -2.08. The van der Waals surface area contributed by atoms with Gasteiger partial charge < -0.3 is 14.6 Å². The van der Waals surface area contributed by atoms with E-state index in [2.05, 4.69) is 15.9 Å². The number of halogens is 1. The maximum atomic E-state index is 8.45. The smallest absolute Gasteiger partial charge is 0.120 e. The van der Waals surface area contributed by atoms with Crippen molar-refractivity contribution < 1.29 is 14.6 Å². The molecule has 1 aromatic rings. The molecule has 1 rings (SSSR count). The fourth-order valence-electron chi connectivity index (χ4n) is 0.942. The highest BCUT2D eigenvalue weighted by molar-refractivity contribution is 9.10. The lowest BCUT2D eigenvalue weighted by Gasteiger charge is -2.06. The fourth-order valence-corrected chi connectivity index (χ4v) is 1.32. The third-order valence-corrected chi connectivity index (χ3v) is 2.02. The first-order valence-electron chi connectivity index (χ1n) is 4.40. The van der Waals surface area contributed by atoms with Gasteiger partial charge in [0.05, 0.1) is 19.8 Å². The normalized spacial score (nSPS) is 10.1. The minimum atomic E-state index is 0.0525. The lowest BCUT2D eigenvalue weighted by molar-refractivity contribution is 0.0705. The van der Waals surface area contributed by atoms with Crippen LogP contribution in [0, 0.1) is 0 Å². The maximum absolute atomic E-state index is 8.45. The summed E-state index contributed by atoms with van der Waals surface area (Å²) in [6.07, 6.45) is 0. The molecule has 0 unspecified atom stereocenters. The van der Waals surface area contributed by atoms with Gasteiger partial charge in [0.25, 0.3) is 0 Å². The van der Waals surface area contributed by atoms with Gasteiger partial charge in [-0.25, -0.2) is 0 Å². The molecule has 0 saturated heterocycles. The molecule has 0 amide bonds. The average molecular weight is 261 g/mol. The molecule has 0 aliphatic carbocycles. The zero-order valence-corrected chi connectivity index (χ0v) is 9.37. The third-order valence-electron chi connectivity index (χ3n) is 1.53. The Kier molecular flexibility index (Phi) is 5.59. The second kappa shape index (κ2) is 6.81. The van der Waals surface area contributed by atoms with Gasteiger partial charge >= 0.3 is 0 Å². The topological polar surface area (TPSA) is 38.7 Å². The summed E-state index contributed by atoms with van der Waals surface area (Å²) < 4.78 is 11.4. The van der Waals surface area contributed by atoms with E-state index in [1.807, 2.05) is 24.3 Å². The van der Waals surface area contributed by atoms with Crippen LogP contribution in [0.5, 0.6) is 5.75 Å². The van der Waals surface area contributed by atoms with E-state index in [0.717, 1.165) is 10.2 Å². The zero-order chi connectivity index (χ0) is 10.2. The van der Waals surface area contributed by atoms with Gasteiger partial charge in [-0.05, 0) is 18.2 Å². The summed E-state index contributed by atoms with van der Waals surface area (Å²) in [6.45, 7) is 1.41. The summed E-state index contributed by atoms with van der Waals surface area (Å²) in [4.78, 5) is 0. The van der Waals surface area contributed by atoms with Crippen LogP contribution < -0.4 is 4.74 Å². The maximum Gasteiger partial charge on any atom is 0.120 e. The second-order valence-electron chi connectivity index (χ2n) is 2.64. The van der Waals surface area contributed by atoms with E-state index in [9.17, 15) is 0 Å². The Balaban J connectivity index is 2.18. The van der Waals surface area contributed by atoms with Gasteiger partial charge in [-0.1, -0.05) is 22.0 Å². The number of aliphatic hydroxyl groups is 1. The van der Waals surface area contributed by atoms with Crippen LogP contribution in [0.4, 0.5) is 0 Å². The summed E-state index contributed by atoms with van der Waals surface area (Å²) in [5.74, 6) is 0.812. The van der Waals surface area contributed by atoms with Crippen molar-refractivity contribution in [1.29, 1.82) is 0 Å². The van der Waals surface area contributed by atoms with Crippen molar-refractivity contribution in [3.63, 3.8) is 0 Å². The Morgan fingerprint density at radius 2 is 2.07 bits per heavy atom. The molecule has 0 bridgehead atoms. The van der Waals surface area contributed by atoms with Crippen LogP contribution in [-0.2, 0) is 4.74 Å². The molecule has 0 spiro atoms. The molecule has 0 heterocycles. The van der Waals surface area contributed by atoms with Gasteiger partial charge in [0.15, 0.2) is 0 Å². The number of hydrogen-bond acceptors (Lipinski definition) is 3. The Hall–Kier alpha value is -0.580. The van der Waals surface area contributed by atoms with E-state index in [1.54, 1.807) is 0 Å². The van der Waals surface area contributed by atoms with Crippen molar-refractivity contribution in [3.05, 3.63) is 28.7 Å². The molecule has 4 heteroatoms. The lowest BCUT2D eigenvalue weighted by atomic mass is 10.3. The summed E-state index contributed by atoms with van der Waals surface area (Å²) in [5.41, 5.74) is 0. The molecular formula is C10H13BrO3. The van der Waals surface area contributed by atoms with Crippen molar-refractivity contribution in [2.24, 2.45) is 0 Å². The average Bonchev–Trinajstić information content (AvgIpc) is 2.18. The van der Waals surface area contributed by atoms with Crippen LogP contribution in [0.15, 0.2) is 28.7 Å². The van der Waals surface area contributed by atoms with Gasteiger partial charge in [0.1, 0.15) is 12.4 Å². The quantitative estimate of drug-likeness (QED) is 0.794. The number of hydrogen-bond donors (Lipinski definition) is 1. The molecule has 0 radical (unpaired) electrons. The highest BCUT2D eigenvalue weighted by Crippen LogP contribution is 2.17. The van der Waals surface area contributed by atoms with Crippen molar-refractivity contribution in [3.8, 4) is 5.75 Å². The molecule has 1 aromatic carbocycles. The van der Waals surface area contributed by atoms with Crippen molar-refractivity contribution >= 4 is 15.9 Å². The molecule has 0 saturated carbocycles. The summed E-state index contributed by atoms with van der Waals surface area (Å²) in [5, 5.41) is 8.45. The van der Waals surface area contributed by atoms with E-state index in [-0.39, 0.29) is 6.61 Å². The minimum absolute atomic E-state index is 0.0525. The number of ether oxygens (including phenoxy) is 2. The number of benzene rings is 1. The van der Waals surface area contributed by atoms with Crippen molar-refractivity contribution in [2.75, 3.05) is 26.4 Å². The van der Waals surface area contributed by atoms with Crippen LogP contribution in [0.3, 0.4) is 0 Å². The van der Waals surface area contributed by atoms with Crippen LogP contribution in [0.1, 0.15) is 0 Å². The monoisotopic (exact) mass is 260 g/mol. The first kappa shape index (κ1) is 11.5.